The van der Waals surface area contributed by atoms with E-state index in [0.29, 0.717) is 23.4 Å². The van der Waals surface area contributed by atoms with Crippen LogP contribution in [-0.4, -0.2) is 78.9 Å². The van der Waals surface area contributed by atoms with Crippen molar-refractivity contribution >= 4 is 43.6 Å². The second kappa shape index (κ2) is 14.4. The molecule has 2 aliphatic heterocycles. The number of hydrogen-bond donors (Lipinski definition) is 1. The highest BCUT2D eigenvalue weighted by molar-refractivity contribution is 7.90. The number of rotatable bonds is 9. The van der Waals surface area contributed by atoms with Crippen molar-refractivity contribution < 1.29 is 22.7 Å². The van der Waals surface area contributed by atoms with Crippen molar-refractivity contribution in [3.05, 3.63) is 89.6 Å². The van der Waals surface area contributed by atoms with E-state index < -0.39 is 21.3 Å². The number of nitrogens with zero attached hydrogens (tertiary/aromatic N) is 4. The molecule has 10 nitrogen and oxygen atoms in total. The minimum absolute atomic E-state index is 0.0570. The average Bonchev–Trinajstić information content (AvgIpc) is 3.63. The zero-order valence-corrected chi connectivity index (χ0v) is 33.3. The number of likely N-dealkylation sites (N-methyl/N-ethyl adjacent to an activating group) is 1. The van der Waals surface area contributed by atoms with Crippen LogP contribution < -0.4 is 9.46 Å². The fraction of sp³-hybridized carbons (Fsp3) is 0.432. The molecule has 2 unspecified atom stereocenters. The molecule has 4 heterocycles. The lowest BCUT2D eigenvalue weighted by Gasteiger charge is -2.43. The Morgan fingerprint density at radius 3 is 2.36 bits per heavy atom. The van der Waals surface area contributed by atoms with E-state index in [-0.39, 0.29) is 28.4 Å². The molecule has 3 fully saturated rings. The quantitative estimate of drug-likeness (QED) is 0.164. The van der Waals surface area contributed by atoms with Crippen LogP contribution in [0.25, 0.3) is 33.1 Å². The maximum Gasteiger partial charge on any atom is 0.266 e. The summed E-state index contributed by atoms with van der Waals surface area (Å²) >= 11 is 0. The Balaban J connectivity index is 1.27. The summed E-state index contributed by atoms with van der Waals surface area (Å²) in [5.41, 5.74) is 4.93. The molecule has 288 valence electrons. The summed E-state index contributed by atoms with van der Waals surface area (Å²) in [6, 6.07) is 20.5. The Bertz CT molecular complexity index is 2400. The number of sulfonamides is 1. The number of aryl methyl sites for hydroxylation is 1. The number of ether oxygens (including phenoxy) is 1. The van der Waals surface area contributed by atoms with Crippen LogP contribution in [0.3, 0.4) is 0 Å². The highest BCUT2D eigenvalue weighted by Gasteiger charge is 2.46. The molecule has 1 N–H and O–H groups in total. The predicted octanol–water partition coefficient (Wildman–Crippen LogP) is 7.67. The molecule has 2 atom stereocenters. The van der Waals surface area contributed by atoms with Gasteiger partial charge in [-0.2, -0.15) is 0 Å². The van der Waals surface area contributed by atoms with Crippen molar-refractivity contribution in [3.8, 4) is 17.0 Å². The number of pyridine rings is 1. The predicted molar refractivity (Wildman–Crippen MR) is 216 cm³/mol. The van der Waals surface area contributed by atoms with Crippen LogP contribution in [-0.2, 0) is 21.4 Å². The van der Waals surface area contributed by atoms with Crippen molar-refractivity contribution in [2.75, 3.05) is 27.2 Å². The van der Waals surface area contributed by atoms with E-state index in [4.69, 9.17) is 4.74 Å². The van der Waals surface area contributed by atoms with E-state index in [2.05, 4.69) is 44.1 Å². The Hall–Kier alpha value is -4.74. The number of aromatic nitrogens is 2. The summed E-state index contributed by atoms with van der Waals surface area (Å²) in [6.45, 7) is 8.32. The van der Waals surface area contributed by atoms with Crippen LogP contribution in [0.15, 0.2) is 77.8 Å². The van der Waals surface area contributed by atoms with Gasteiger partial charge in [-0.15, -0.1) is 0 Å². The van der Waals surface area contributed by atoms with Gasteiger partial charge in [-0.1, -0.05) is 43.5 Å². The molecule has 11 heteroatoms. The van der Waals surface area contributed by atoms with Gasteiger partial charge in [0.05, 0.1) is 23.7 Å². The van der Waals surface area contributed by atoms with Crippen LogP contribution in [0, 0.1) is 12.3 Å². The van der Waals surface area contributed by atoms with Gasteiger partial charge in [0.25, 0.3) is 15.9 Å². The number of amides is 2. The number of para-hydroxylation sites is 1. The summed E-state index contributed by atoms with van der Waals surface area (Å²) in [5.74, 6) is 0.481. The fourth-order valence-corrected chi connectivity index (χ4v) is 10.7. The van der Waals surface area contributed by atoms with Crippen molar-refractivity contribution in [2.45, 2.75) is 95.2 Å². The molecule has 1 aliphatic carbocycles. The number of piperazine rings is 1. The van der Waals surface area contributed by atoms with E-state index >= 15 is 0 Å². The number of hydrogen-bond acceptors (Lipinski definition) is 7. The Morgan fingerprint density at radius 2 is 1.65 bits per heavy atom. The van der Waals surface area contributed by atoms with Gasteiger partial charge < -0.3 is 19.1 Å². The van der Waals surface area contributed by atoms with Crippen LogP contribution >= 0.6 is 0 Å². The highest BCUT2D eigenvalue weighted by Crippen LogP contribution is 2.47. The van der Waals surface area contributed by atoms with E-state index in [1.807, 2.05) is 38.1 Å². The standard InChI is InChI=1S/C44H51N5O5S/c1-28-23-34(54-5)19-21-35(28)41-39(29-11-7-6-8-12-29)36-20-16-31(42(50)46-55(52,53)38-15-9-13-30-14-10-22-45-40(30)38)24-37(36)48(41)27-44(2,3)43(51)49-32-17-18-33(49)26-47(4)25-32/h9-10,13-16,19-24,29,32-33H,6-8,11-12,17-18,25-27H2,1-5H3,(H,46,50). The van der Waals surface area contributed by atoms with Crippen molar-refractivity contribution in [2.24, 2.45) is 5.41 Å². The lowest BCUT2D eigenvalue weighted by atomic mass is 9.81. The number of nitrogens with one attached hydrogen (secondary N) is 1. The zero-order chi connectivity index (χ0) is 38.6. The van der Waals surface area contributed by atoms with Gasteiger partial charge >= 0.3 is 0 Å². The first-order valence-electron chi connectivity index (χ1n) is 19.6. The molecule has 2 aromatic heterocycles. The van der Waals surface area contributed by atoms with Gasteiger partial charge in [0, 0.05) is 65.3 Å². The second-order valence-electron chi connectivity index (χ2n) is 16.6. The lowest BCUT2D eigenvalue weighted by molar-refractivity contribution is -0.146. The molecule has 55 heavy (non-hydrogen) atoms. The Labute approximate surface area is 323 Å². The fourth-order valence-electron chi connectivity index (χ4n) is 9.59. The lowest BCUT2D eigenvalue weighted by Crippen LogP contribution is -2.58. The third-order valence-electron chi connectivity index (χ3n) is 12.2. The van der Waals surface area contributed by atoms with Crippen LogP contribution in [0.2, 0.25) is 0 Å². The van der Waals surface area contributed by atoms with Gasteiger partial charge in [-0.05, 0) is 113 Å². The number of benzene rings is 3. The van der Waals surface area contributed by atoms with Gasteiger partial charge in [0.1, 0.15) is 10.6 Å². The topological polar surface area (TPSA) is 114 Å². The monoisotopic (exact) mass is 761 g/mol. The largest absolute Gasteiger partial charge is 0.497 e. The molecule has 2 bridgehead atoms. The second-order valence-corrected chi connectivity index (χ2v) is 18.2. The number of methoxy groups -OCH3 is 1. The molecule has 3 aromatic carbocycles. The van der Waals surface area contributed by atoms with Gasteiger partial charge in [-0.25, -0.2) is 13.1 Å². The molecule has 0 spiro atoms. The van der Waals surface area contributed by atoms with Gasteiger partial charge in [0.15, 0.2) is 0 Å². The molecule has 5 aromatic rings. The molecule has 1 saturated carbocycles. The summed E-state index contributed by atoms with van der Waals surface area (Å²) in [6.07, 6.45) is 9.14. The number of fused-ring (bicyclic) bond motifs is 4. The van der Waals surface area contributed by atoms with Crippen molar-refractivity contribution in [1.29, 1.82) is 0 Å². The Morgan fingerprint density at radius 1 is 0.927 bits per heavy atom. The maximum absolute atomic E-state index is 14.7. The maximum atomic E-state index is 14.7. The van der Waals surface area contributed by atoms with Gasteiger partial charge in [0.2, 0.25) is 5.91 Å². The van der Waals surface area contributed by atoms with E-state index in [0.717, 1.165) is 85.1 Å². The van der Waals surface area contributed by atoms with Crippen molar-refractivity contribution in [3.63, 3.8) is 0 Å². The third kappa shape index (κ3) is 6.79. The minimum atomic E-state index is -4.27. The molecular formula is C44H51N5O5S. The summed E-state index contributed by atoms with van der Waals surface area (Å²) in [5, 5.41) is 1.69. The van der Waals surface area contributed by atoms with Crippen LogP contribution in [0.1, 0.15) is 86.2 Å². The molecular weight excluding hydrogens is 711 g/mol. The SMILES string of the molecule is COc1ccc(-c2c(C3CCCCC3)c3ccc(C(=O)NS(=O)(=O)c4cccc5cccnc45)cc3n2CC(C)(C)C(=O)N2C3CCC2CN(C)C3)c(C)c1. The average molecular weight is 762 g/mol. The Kier molecular flexibility index (Phi) is 9.74. The molecule has 3 aliphatic rings. The van der Waals surface area contributed by atoms with Crippen molar-refractivity contribution in [1.82, 2.24) is 24.1 Å². The summed E-state index contributed by atoms with van der Waals surface area (Å²) in [7, 11) is -0.462. The van der Waals surface area contributed by atoms with Crippen LogP contribution in [0.5, 0.6) is 5.75 Å². The first kappa shape index (κ1) is 37.2. The minimum Gasteiger partial charge on any atom is -0.497 e. The van der Waals surface area contributed by atoms with E-state index in [1.54, 1.807) is 37.4 Å². The smallest absolute Gasteiger partial charge is 0.266 e. The normalized spacial score (nSPS) is 19.6. The first-order valence-corrected chi connectivity index (χ1v) is 21.1. The molecule has 8 rings (SSSR count). The first-order chi connectivity index (χ1) is 26.4. The molecule has 2 saturated heterocycles. The molecule has 0 radical (unpaired) electrons. The van der Waals surface area contributed by atoms with E-state index in [1.165, 1.54) is 24.2 Å². The van der Waals surface area contributed by atoms with Crippen LogP contribution in [0.4, 0.5) is 0 Å². The zero-order valence-electron chi connectivity index (χ0n) is 32.5. The number of carbonyl (C=O) groups is 2. The molecule has 2 amide bonds. The number of likely N-dealkylation sites (tertiary alicyclic amines) is 1. The van der Waals surface area contributed by atoms with E-state index in [9.17, 15) is 18.0 Å². The summed E-state index contributed by atoms with van der Waals surface area (Å²) in [4.78, 5) is 37.5. The third-order valence-corrected chi connectivity index (χ3v) is 13.6. The highest BCUT2D eigenvalue weighted by atomic mass is 32.2. The summed E-state index contributed by atoms with van der Waals surface area (Å²) < 4.78 is 37.7. The van der Waals surface area contributed by atoms with Gasteiger partial charge in [-0.3, -0.25) is 14.6 Å². The number of carbonyl (C=O) groups excluding carboxylic acids is 2.